The van der Waals surface area contributed by atoms with E-state index in [4.69, 9.17) is 10.00 Å². The first-order valence-corrected chi connectivity index (χ1v) is 6.51. The summed E-state index contributed by atoms with van der Waals surface area (Å²) in [6.45, 7) is 1.96. The maximum Gasteiger partial charge on any atom is 0.340 e. The lowest BCUT2D eigenvalue weighted by Crippen LogP contribution is -2.12. The van der Waals surface area contributed by atoms with Gasteiger partial charge in [0.1, 0.15) is 12.2 Å². The lowest BCUT2D eigenvalue weighted by Gasteiger charge is -2.16. The Kier molecular flexibility index (Phi) is 4.52. The third-order valence-electron chi connectivity index (χ3n) is 3.06. The van der Waals surface area contributed by atoms with Crippen molar-refractivity contribution in [2.75, 3.05) is 0 Å². The van der Waals surface area contributed by atoms with E-state index in [1.807, 2.05) is 43.3 Å². The molecule has 0 radical (unpaired) electrons. The van der Waals surface area contributed by atoms with Gasteiger partial charge in [-0.3, -0.25) is 0 Å². The van der Waals surface area contributed by atoms with Gasteiger partial charge >= 0.3 is 5.97 Å². The van der Waals surface area contributed by atoms with Crippen LogP contribution in [0.25, 0.3) is 0 Å². The first kappa shape index (κ1) is 13.8. The molecule has 20 heavy (non-hydrogen) atoms. The number of nitriles is 1. The van der Waals surface area contributed by atoms with Gasteiger partial charge in [0.05, 0.1) is 11.1 Å². The van der Waals surface area contributed by atoms with Crippen molar-refractivity contribution in [1.82, 2.24) is 0 Å². The molecule has 3 heteroatoms. The molecule has 0 aliphatic heterocycles. The molecule has 0 aliphatic rings. The highest BCUT2D eigenvalue weighted by Gasteiger charge is 2.18. The molecule has 0 saturated carbocycles. The zero-order chi connectivity index (χ0) is 14.4. The fraction of sp³-hybridized carbons (Fsp3) is 0.176. The minimum atomic E-state index is -0.460. The van der Waals surface area contributed by atoms with Crippen LogP contribution in [0.2, 0.25) is 0 Å². The molecule has 0 spiro atoms. The average molecular weight is 265 g/mol. The number of hydrogen-bond donors (Lipinski definition) is 0. The molecule has 0 aliphatic carbocycles. The van der Waals surface area contributed by atoms with Crippen molar-refractivity contribution in [2.24, 2.45) is 0 Å². The number of carbonyl (C=O) groups excluding carboxylic acids is 1. The van der Waals surface area contributed by atoms with Crippen LogP contribution in [0.3, 0.4) is 0 Å². The predicted octanol–water partition coefficient (Wildman–Crippen LogP) is 3.87. The van der Waals surface area contributed by atoms with Crippen molar-refractivity contribution in [1.29, 1.82) is 5.26 Å². The Bertz CT molecular complexity index is 629. The second-order valence-corrected chi connectivity index (χ2v) is 4.37. The van der Waals surface area contributed by atoms with Gasteiger partial charge in [-0.1, -0.05) is 49.4 Å². The monoisotopic (exact) mass is 265 g/mol. The van der Waals surface area contributed by atoms with E-state index in [-0.39, 0.29) is 6.10 Å². The molecule has 0 bridgehead atoms. The summed E-state index contributed by atoms with van der Waals surface area (Å²) < 4.78 is 5.52. The van der Waals surface area contributed by atoms with Gasteiger partial charge in [-0.05, 0) is 24.1 Å². The fourth-order valence-corrected chi connectivity index (χ4v) is 2.01. The summed E-state index contributed by atoms with van der Waals surface area (Å²) in [6, 6.07) is 18.3. The van der Waals surface area contributed by atoms with Crippen molar-refractivity contribution >= 4 is 5.97 Å². The van der Waals surface area contributed by atoms with Crippen LogP contribution in [0.4, 0.5) is 0 Å². The Morgan fingerprint density at radius 2 is 1.80 bits per heavy atom. The Labute approximate surface area is 118 Å². The van der Waals surface area contributed by atoms with Gasteiger partial charge in [-0.2, -0.15) is 5.26 Å². The minimum absolute atomic E-state index is 0.296. The Hall–Kier alpha value is -2.60. The first-order chi connectivity index (χ1) is 9.76. The molecule has 0 saturated heterocycles. The molecule has 0 heterocycles. The number of esters is 1. The molecule has 0 amide bonds. The van der Waals surface area contributed by atoms with Crippen LogP contribution in [0.5, 0.6) is 0 Å². The molecule has 1 unspecified atom stereocenters. The highest BCUT2D eigenvalue weighted by atomic mass is 16.5. The zero-order valence-electron chi connectivity index (χ0n) is 11.2. The molecule has 2 aromatic carbocycles. The number of benzene rings is 2. The average Bonchev–Trinajstić information content (AvgIpc) is 2.53. The minimum Gasteiger partial charge on any atom is -0.454 e. The largest absolute Gasteiger partial charge is 0.454 e. The van der Waals surface area contributed by atoms with Crippen molar-refractivity contribution in [3.05, 3.63) is 71.3 Å². The molecule has 0 aromatic heterocycles. The van der Waals surface area contributed by atoms with E-state index in [1.165, 1.54) is 0 Å². The van der Waals surface area contributed by atoms with Crippen LogP contribution in [-0.4, -0.2) is 5.97 Å². The van der Waals surface area contributed by atoms with E-state index < -0.39 is 5.97 Å². The van der Waals surface area contributed by atoms with Gasteiger partial charge in [-0.15, -0.1) is 0 Å². The molecule has 3 nitrogen and oxygen atoms in total. The molecule has 2 rings (SSSR count). The van der Waals surface area contributed by atoms with Crippen molar-refractivity contribution < 1.29 is 9.53 Å². The third kappa shape index (κ3) is 3.04. The molecule has 1 atom stereocenters. The lowest BCUT2D eigenvalue weighted by molar-refractivity contribution is 0.0287. The van der Waals surface area contributed by atoms with Crippen LogP contribution >= 0.6 is 0 Å². The predicted molar refractivity (Wildman–Crippen MR) is 76.0 cm³/mol. The van der Waals surface area contributed by atoms with Crippen molar-refractivity contribution in [3.63, 3.8) is 0 Å². The summed E-state index contributed by atoms with van der Waals surface area (Å²) in [5.41, 5.74) is 1.60. The third-order valence-corrected chi connectivity index (χ3v) is 3.06. The molecule has 2 aromatic rings. The van der Waals surface area contributed by atoms with E-state index in [0.717, 1.165) is 5.56 Å². The highest BCUT2D eigenvalue weighted by molar-refractivity contribution is 5.92. The van der Waals surface area contributed by atoms with E-state index >= 15 is 0 Å². The zero-order valence-corrected chi connectivity index (χ0v) is 11.2. The van der Waals surface area contributed by atoms with Crippen LogP contribution < -0.4 is 0 Å². The van der Waals surface area contributed by atoms with E-state index in [0.29, 0.717) is 17.5 Å². The normalized spacial score (nSPS) is 11.4. The SMILES string of the molecule is CCC(OC(=O)c1ccccc1C#N)c1ccccc1. The fourth-order valence-electron chi connectivity index (χ4n) is 2.01. The highest BCUT2D eigenvalue weighted by Crippen LogP contribution is 2.23. The Balaban J connectivity index is 2.20. The summed E-state index contributed by atoms with van der Waals surface area (Å²) in [5, 5.41) is 9.02. The lowest BCUT2D eigenvalue weighted by atomic mass is 10.1. The quantitative estimate of drug-likeness (QED) is 0.788. The Morgan fingerprint density at radius 1 is 1.15 bits per heavy atom. The number of hydrogen-bond acceptors (Lipinski definition) is 3. The summed E-state index contributed by atoms with van der Waals surface area (Å²) in [5.74, 6) is -0.460. The summed E-state index contributed by atoms with van der Waals surface area (Å²) in [6.07, 6.45) is 0.389. The standard InChI is InChI=1S/C17H15NO2/c1-2-16(13-8-4-3-5-9-13)20-17(19)15-11-7-6-10-14(15)12-18/h3-11,16H,2H2,1H3. The van der Waals surface area contributed by atoms with Crippen LogP contribution in [0.15, 0.2) is 54.6 Å². The van der Waals surface area contributed by atoms with Crippen LogP contribution in [-0.2, 0) is 4.74 Å². The second-order valence-electron chi connectivity index (χ2n) is 4.37. The topological polar surface area (TPSA) is 50.1 Å². The van der Waals surface area contributed by atoms with E-state index in [2.05, 4.69) is 0 Å². The maximum absolute atomic E-state index is 12.2. The van der Waals surface area contributed by atoms with Gasteiger partial charge in [0.25, 0.3) is 0 Å². The maximum atomic E-state index is 12.2. The molecular weight excluding hydrogens is 250 g/mol. The summed E-state index contributed by atoms with van der Waals surface area (Å²) >= 11 is 0. The van der Waals surface area contributed by atoms with E-state index in [9.17, 15) is 4.79 Å². The van der Waals surface area contributed by atoms with E-state index in [1.54, 1.807) is 24.3 Å². The van der Waals surface area contributed by atoms with Crippen molar-refractivity contribution in [3.8, 4) is 6.07 Å². The number of rotatable bonds is 4. The first-order valence-electron chi connectivity index (χ1n) is 6.51. The van der Waals surface area contributed by atoms with Gasteiger partial charge < -0.3 is 4.74 Å². The summed E-state index contributed by atoms with van der Waals surface area (Å²) in [4.78, 5) is 12.2. The van der Waals surface area contributed by atoms with Crippen molar-refractivity contribution in [2.45, 2.75) is 19.4 Å². The van der Waals surface area contributed by atoms with Crippen LogP contribution in [0.1, 0.15) is 40.9 Å². The Morgan fingerprint density at radius 3 is 2.45 bits per heavy atom. The van der Waals surface area contributed by atoms with Gasteiger partial charge in [0, 0.05) is 0 Å². The molecule has 0 N–H and O–H groups in total. The smallest absolute Gasteiger partial charge is 0.340 e. The molecular formula is C17H15NO2. The summed E-state index contributed by atoms with van der Waals surface area (Å²) in [7, 11) is 0. The molecule has 100 valence electrons. The number of carbonyl (C=O) groups is 1. The second kappa shape index (κ2) is 6.53. The van der Waals surface area contributed by atoms with Gasteiger partial charge in [0.15, 0.2) is 0 Å². The van der Waals surface area contributed by atoms with Gasteiger partial charge in [0.2, 0.25) is 0 Å². The number of ether oxygens (including phenoxy) is 1. The number of nitrogens with zero attached hydrogens (tertiary/aromatic N) is 1. The molecule has 0 fully saturated rings. The van der Waals surface area contributed by atoms with Crippen LogP contribution in [0, 0.1) is 11.3 Å². The van der Waals surface area contributed by atoms with Gasteiger partial charge in [-0.25, -0.2) is 4.79 Å².